The maximum atomic E-state index is 13.6. The molecule has 0 saturated carbocycles. The molecule has 0 aliphatic carbocycles. The molecule has 3 aromatic rings. The van der Waals surface area contributed by atoms with Crippen LogP contribution in [0.4, 0.5) is 5.69 Å². The summed E-state index contributed by atoms with van der Waals surface area (Å²) in [5.41, 5.74) is 11.7. The van der Waals surface area contributed by atoms with E-state index in [1.807, 2.05) is 30.0 Å². The van der Waals surface area contributed by atoms with Gasteiger partial charge in [0.1, 0.15) is 5.82 Å². The van der Waals surface area contributed by atoms with E-state index in [1.54, 1.807) is 7.11 Å². The minimum absolute atomic E-state index is 0.0985. The number of aromatic nitrogens is 3. The average Bonchev–Trinajstić information content (AvgIpc) is 3.34. The van der Waals surface area contributed by atoms with Crippen molar-refractivity contribution >= 4 is 11.6 Å². The van der Waals surface area contributed by atoms with Gasteiger partial charge in [0, 0.05) is 42.9 Å². The van der Waals surface area contributed by atoms with Crippen LogP contribution in [0.15, 0.2) is 36.4 Å². The first-order chi connectivity index (χ1) is 16.4. The highest BCUT2D eigenvalue weighted by Crippen LogP contribution is 2.31. The van der Waals surface area contributed by atoms with Gasteiger partial charge < -0.3 is 20.4 Å². The van der Waals surface area contributed by atoms with Crippen LogP contribution in [0.1, 0.15) is 71.4 Å². The second kappa shape index (κ2) is 10.4. The molecule has 1 aliphatic heterocycles. The van der Waals surface area contributed by atoms with E-state index in [0.717, 1.165) is 66.1 Å². The Morgan fingerprint density at radius 2 is 1.91 bits per heavy atom. The van der Waals surface area contributed by atoms with Crippen molar-refractivity contribution in [2.75, 3.05) is 32.5 Å². The summed E-state index contributed by atoms with van der Waals surface area (Å²) in [5.74, 6) is 2.15. The van der Waals surface area contributed by atoms with E-state index in [1.165, 1.54) is 5.56 Å². The van der Waals surface area contributed by atoms with E-state index in [2.05, 4.69) is 47.2 Å². The standard InChI is InChI=1S/C27H35N5O2/c1-5-19-14-17(2)23(26-29-25(30-31-26)18(3)16-34-4)15-24(19)27(33)32-12-10-21(11-13-32)20-6-8-22(28)9-7-20/h6-9,14-15,18,21H,5,10-13,16,28H2,1-4H3,(H,29,30,31). The molecule has 1 aromatic heterocycles. The van der Waals surface area contributed by atoms with Crippen molar-refractivity contribution in [3.8, 4) is 11.4 Å². The third-order valence-corrected chi connectivity index (χ3v) is 6.89. The highest BCUT2D eigenvalue weighted by Gasteiger charge is 2.27. The minimum atomic E-state index is 0.0985. The van der Waals surface area contributed by atoms with E-state index in [9.17, 15) is 4.79 Å². The molecule has 34 heavy (non-hydrogen) atoms. The molecule has 1 fully saturated rings. The van der Waals surface area contributed by atoms with Crippen molar-refractivity contribution < 1.29 is 9.53 Å². The molecule has 0 radical (unpaired) electrons. The number of aromatic amines is 1. The van der Waals surface area contributed by atoms with Gasteiger partial charge in [0.2, 0.25) is 0 Å². The number of ether oxygens (including phenoxy) is 1. The number of carbonyl (C=O) groups is 1. The number of piperidine rings is 1. The van der Waals surface area contributed by atoms with Crippen molar-refractivity contribution in [2.24, 2.45) is 0 Å². The van der Waals surface area contributed by atoms with Gasteiger partial charge in [0.05, 0.1) is 6.61 Å². The first kappa shape index (κ1) is 24.0. The molecule has 1 atom stereocenters. The van der Waals surface area contributed by atoms with Crippen LogP contribution in [-0.4, -0.2) is 52.8 Å². The summed E-state index contributed by atoms with van der Waals surface area (Å²) in [6.07, 6.45) is 2.72. The summed E-state index contributed by atoms with van der Waals surface area (Å²) < 4.78 is 5.24. The zero-order valence-corrected chi connectivity index (χ0v) is 20.6. The van der Waals surface area contributed by atoms with Crippen LogP contribution in [0, 0.1) is 6.92 Å². The Bertz CT molecular complexity index is 1130. The zero-order valence-electron chi connectivity index (χ0n) is 20.6. The van der Waals surface area contributed by atoms with E-state index >= 15 is 0 Å². The Hall–Kier alpha value is -3.19. The Morgan fingerprint density at radius 3 is 2.56 bits per heavy atom. The quantitative estimate of drug-likeness (QED) is 0.497. The maximum Gasteiger partial charge on any atom is 0.254 e. The SMILES string of the molecule is CCc1cc(C)c(-c2nnc(C(C)COC)[nH]2)cc1C(=O)N1CCC(c2ccc(N)cc2)CC1. The number of nitrogen functional groups attached to an aromatic ring is 1. The van der Waals surface area contributed by atoms with Gasteiger partial charge in [0.25, 0.3) is 5.91 Å². The van der Waals surface area contributed by atoms with E-state index in [4.69, 9.17) is 10.5 Å². The molecule has 2 aromatic carbocycles. The zero-order chi connectivity index (χ0) is 24.2. The molecular weight excluding hydrogens is 426 g/mol. The van der Waals surface area contributed by atoms with Crippen LogP contribution in [0.2, 0.25) is 0 Å². The van der Waals surface area contributed by atoms with E-state index in [-0.39, 0.29) is 11.8 Å². The molecule has 1 unspecified atom stereocenters. The number of rotatable bonds is 7. The van der Waals surface area contributed by atoms with Gasteiger partial charge in [0.15, 0.2) is 5.82 Å². The number of hydrogen-bond acceptors (Lipinski definition) is 5. The predicted molar refractivity (Wildman–Crippen MR) is 135 cm³/mol. The Kier molecular flexibility index (Phi) is 7.32. The average molecular weight is 462 g/mol. The number of nitrogens with one attached hydrogen (secondary N) is 1. The topological polar surface area (TPSA) is 97.1 Å². The number of anilines is 1. The lowest BCUT2D eigenvalue weighted by Crippen LogP contribution is -2.38. The summed E-state index contributed by atoms with van der Waals surface area (Å²) in [5, 5.41) is 8.69. The van der Waals surface area contributed by atoms with Crippen molar-refractivity contribution in [3.63, 3.8) is 0 Å². The Labute approximate surface area is 201 Å². The number of aryl methyl sites for hydroxylation is 2. The molecule has 1 saturated heterocycles. The number of nitrogens with two attached hydrogens (primary N) is 1. The Morgan fingerprint density at radius 1 is 1.21 bits per heavy atom. The number of amides is 1. The molecule has 180 valence electrons. The van der Waals surface area contributed by atoms with Crippen molar-refractivity contribution in [2.45, 2.75) is 51.9 Å². The first-order valence-corrected chi connectivity index (χ1v) is 12.1. The molecule has 4 rings (SSSR count). The summed E-state index contributed by atoms with van der Waals surface area (Å²) >= 11 is 0. The molecule has 1 amide bonds. The molecule has 1 aliphatic rings. The molecule has 0 bridgehead atoms. The number of hydrogen-bond donors (Lipinski definition) is 2. The van der Waals surface area contributed by atoms with Crippen molar-refractivity contribution in [3.05, 3.63) is 64.5 Å². The number of methoxy groups -OCH3 is 1. The van der Waals surface area contributed by atoms with Crippen LogP contribution in [0.25, 0.3) is 11.4 Å². The highest BCUT2D eigenvalue weighted by atomic mass is 16.5. The molecule has 2 heterocycles. The lowest BCUT2D eigenvalue weighted by molar-refractivity contribution is 0.0712. The fourth-order valence-corrected chi connectivity index (χ4v) is 4.82. The van der Waals surface area contributed by atoms with Gasteiger partial charge in [-0.1, -0.05) is 32.0 Å². The number of carbonyl (C=O) groups excluding carboxylic acids is 1. The maximum absolute atomic E-state index is 13.6. The lowest BCUT2D eigenvalue weighted by Gasteiger charge is -2.33. The Balaban J connectivity index is 1.54. The van der Waals surface area contributed by atoms with Crippen LogP contribution < -0.4 is 5.73 Å². The number of likely N-dealkylation sites (tertiary alicyclic amines) is 1. The minimum Gasteiger partial charge on any atom is -0.399 e. The molecule has 0 spiro atoms. The molecular formula is C27H35N5O2. The monoisotopic (exact) mass is 461 g/mol. The third kappa shape index (κ3) is 4.99. The summed E-state index contributed by atoms with van der Waals surface area (Å²) in [7, 11) is 1.68. The smallest absolute Gasteiger partial charge is 0.254 e. The first-order valence-electron chi connectivity index (χ1n) is 12.1. The fraction of sp³-hybridized carbons (Fsp3) is 0.444. The summed E-state index contributed by atoms with van der Waals surface area (Å²) in [4.78, 5) is 18.9. The highest BCUT2D eigenvalue weighted by molar-refractivity contribution is 5.97. The second-order valence-corrected chi connectivity index (χ2v) is 9.33. The summed E-state index contributed by atoms with van der Waals surface area (Å²) in [6.45, 7) is 8.27. The van der Waals surface area contributed by atoms with Crippen LogP contribution in [0.3, 0.4) is 0 Å². The van der Waals surface area contributed by atoms with Gasteiger partial charge in [-0.3, -0.25) is 4.79 Å². The van der Waals surface area contributed by atoms with Crippen molar-refractivity contribution in [1.29, 1.82) is 0 Å². The van der Waals surface area contributed by atoms with E-state index < -0.39 is 0 Å². The van der Waals surface area contributed by atoms with Crippen LogP contribution in [-0.2, 0) is 11.2 Å². The lowest BCUT2D eigenvalue weighted by atomic mass is 9.88. The van der Waals surface area contributed by atoms with Gasteiger partial charge in [-0.2, -0.15) is 0 Å². The number of nitrogens with zero attached hydrogens (tertiary/aromatic N) is 3. The largest absolute Gasteiger partial charge is 0.399 e. The molecule has 7 heteroatoms. The van der Waals surface area contributed by atoms with Gasteiger partial charge in [-0.05, 0) is 67.0 Å². The fourth-order valence-electron chi connectivity index (χ4n) is 4.82. The van der Waals surface area contributed by atoms with E-state index in [0.29, 0.717) is 18.3 Å². The van der Waals surface area contributed by atoms with Gasteiger partial charge >= 0.3 is 0 Å². The number of benzene rings is 2. The van der Waals surface area contributed by atoms with Crippen LogP contribution >= 0.6 is 0 Å². The molecule has 3 N–H and O–H groups in total. The second-order valence-electron chi connectivity index (χ2n) is 9.33. The van der Waals surface area contributed by atoms with Gasteiger partial charge in [-0.15, -0.1) is 10.2 Å². The normalized spacial score (nSPS) is 15.5. The number of H-pyrrole nitrogens is 1. The predicted octanol–water partition coefficient (Wildman–Crippen LogP) is 4.69. The third-order valence-electron chi connectivity index (χ3n) is 6.89. The molecule has 7 nitrogen and oxygen atoms in total. The van der Waals surface area contributed by atoms with Gasteiger partial charge in [-0.25, -0.2) is 0 Å². The van der Waals surface area contributed by atoms with Crippen LogP contribution in [0.5, 0.6) is 0 Å². The van der Waals surface area contributed by atoms with Crippen molar-refractivity contribution in [1.82, 2.24) is 20.1 Å². The summed E-state index contributed by atoms with van der Waals surface area (Å²) in [6, 6.07) is 12.2.